The highest BCUT2D eigenvalue weighted by molar-refractivity contribution is 5.93. The second kappa shape index (κ2) is 18.2. The average molecular weight is 879 g/mol. The molecule has 0 unspecified atom stereocenters. The topological polar surface area (TPSA) is 153 Å². The summed E-state index contributed by atoms with van der Waals surface area (Å²) in [5, 5.41) is 23.8. The van der Waals surface area contributed by atoms with Gasteiger partial charge >= 0.3 is 0 Å². The molecular formula is C54H46N4O8. The number of phenolic OH excluding ortho intramolecular Hbond substituents is 2. The number of nitrogens with zero attached hydrogens (tertiary/aromatic N) is 2. The fourth-order valence-electron chi connectivity index (χ4n) is 8.10. The minimum absolute atomic E-state index is 0.0732. The maximum atomic E-state index is 11.9. The molecule has 0 aliphatic heterocycles. The predicted molar refractivity (Wildman–Crippen MR) is 257 cm³/mol. The van der Waals surface area contributed by atoms with Gasteiger partial charge in [0.1, 0.15) is 34.6 Å². The zero-order valence-electron chi connectivity index (χ0n) is 37.1. The summed E-state index contributed by atoms with van der Waals surface area (Å²) in [6, 6.07) is 45.9. The molecule has 0 radical (unpaired) electrons. The van der Waals surface area contributed by atoms with E-state index in [2.05, 4.69) is 9.97 Å². The third kappa shape index (κ3) is 7.96. The van der Waals surface area contributed by atoms with Gasteiger partial charge in [-0.15, -0.1) is 0 Å². The van der Waals surface area contributed by atoms with E-state index in [1.807, 2.05) is 133 Å². The average Bonchev–Trinajstić information content (AvgIpc) is 4.02. The highest BCUT2D eigenvalue weighted by atomic mass is 16.5. The summed E-state index contributed by atoms with van der Waals surface area (Å²) >= 11 is 0. The third-order valence-electron chi connectivity index (χ3n) is 11.6. The van der Waals surface area contributed by atoms with Crippen LogP contribution in [0.5, 0.6) is 46.0 Å². The van der Waals surface area contributed by atoms with Gasteiger partial charge in [0.2, 0.25) is 0 Å². The maximum absolute atomic E-state index is 11.9. The predicted octanol–water partition coefficient (Wildman–Crippen LogP) is 11.9. The lowest BCUT2D eigenvalue weighted by atomic mass is 9.93. The number of phenols is 2. The zero-order chi connectivity index (χ0) is 45.9. The molecule has 0 atom stereocenters. The normalized spacial score (nSPS) is 11.0. The highest BCUT2D eigenvalue weighted by Gasteiger charge is 2.26. The molecule has 4 N–H and O–H groups in total. The molecule has 66 heavy (non-hydrogen) atoms. The molecule has 12 heteroatoms. The number of aromatic amines is 2. The standard InChI is InChI=1S/C54H46N4O8/c1-61-37-19-11-33(12-20-37)47-48(34-13-21-38(62-2)22-14-34)56-53(55-47)45-41(27-29-43(65-5)51(45)59)31-7-9-32(10-8-31)42-28-30-44(66-6)52(60)46(42)54-57-49(35-15-23-39(63-3)24-16-35)50(58-54)36-17-25-40(64-4)26-18-36/h7-30,59-60H,1-6H3,(H,55,56)(H,57,58). The Balaban J connectivity index is 1.16. The van der Waals surface area contributed by atoms with Crippen LogP contribution < -0.4 is 28.4 Å². The number of rotatable bonds is 14. The summed E-state index contributed by atoms with van der Waals surface area (Å²) in [6.07, 6.45) is 0. The van der Waals surface area contributed by atoms with Crippen molar-refractivity contribution in [1.29, 1.82) is 0 Å². The highest BCUT2D eigenvalue weighted by Crippen LogP contribution is 2.48. The summed E-state index contributed by atoms with van der Waals surface area (Å²) in [5.74, 6) is 4.18. The van der Waals surface area contributed by atoms with Gasteiger partial charge in [0.25, 0.3) is 0 Å². The smallest absolute Gasteiger partial charge is 0.169 e. The van der Waals surface area contributed by atoms with E-state index in [4.69, 9.17) is 38.4 Å². The number of aromatic nitrogens is 4. The molecule has 0 saturated heterocycles. The van der Waals surface area contributed by atoms with Crippen LogP contribution in [-0.4, -0.2) is 72.8 Å². The Kier molecular flexibility index (Phi) is 11.8. The molecule has 9 aromatic rings. The van der Waals surface area contributed by atoms with Crippen molar-refractivity contribution in [2.24, 2.45) is 0 Å². The lowest BCUT2D eigenvalue weighted by Gasteiger charge is -2.15. The Hall–Kier alpha value is -8.64. The van der Waals surface area contributed by atoms with Crippen LogP contribution in [-0.2, 0) is 0 Å². The number of nitrogens with one attached hydrogen (secondary N) is 2. The van der Waals surface area contributed by atoms with E-state index in [-0.39, 0.29) is 11.5 Å². The summed E-state index contributed by atoms with van der Waals surface area (Å²) in [7, 11) is 9.54. The molecule has 0 fully saturated rings. The van der Waals surface area contributed by atoms with E-state index in [9.17, 15) is 10.2 Å². The molecule has 2 heterocycles. The fraction of sp³-hybridized carbons (Fsp3) is 0.111. The van der Waals surface area contributed by atoms with Crippen LogP contribution in [0.15, 0.2) is 146 Å². The van der Waals surface area contributed by atoms with Crippen LogP contribution >= 0.6 is 0 Å². The molecule has 0 aliphatic rings. The van der Waals surface area contributed by atoms with Gasteiger partial charge in [-0.25, -0.2) is 9.97 Å². The molecule has 7 aromatic carbocycles. The Morgan fingerprint density at radius 3 is 0.909 bits per heavy atom. The second-order valence-corrected chi connectivity index (χ2v) is 15.2. The number of hydrogen-bond donors (Lipinski definition) is 4. The van der Waals surface area contributed by atoms with Gasteiger partial charge in [0.15, 0.2) is 23.0 Å². The minimum Gasteiger partial charge on any atom is -0.504 e. The Morgan fingerprint density at radius 1 is 0.333 bits per heavy atom. The molecule has 2 aromatic heterocycles. The first-order valence-corrected chi connectivity index (χ1v) is 20.9. The van der Waals surface area contributed by atoms with Crippen molar-refractivity contribution < 1.29 is 38.6 Å². The molecule has 0 spiro atoms. The van der Waals surface area contributed by atoms with Crippen molar-refractivity contribution in [3.63, 3.8) is 0 Å². The van der Waals surface area contributed by atoms with Crippen LogP contribution in [0.3, 0.4) is 0 Å². The van der Waals surface area contributed by atoms with Crippen LogP contribution in [0.25, 0.3) is 90.1 Å². The first-order chi connectivity index (χ1) is 32.2. The van der Waals surface area contributed by atoms with Gasteiger partial charge in [0.05, 0.1) is 76.6 Å². The second-order valence-electron chi connectivity index (χ2n) is 15.2. The third-order valence-corrected chi connectivity index (χ3v) is 11.6. The van der Waals surface area contributed by atoms with E-state index < -0.39 is 0 Å². The van der Waals surface area contributed by atoms with Crippen molar-refractivity contribution in [1.82, 2.24) is 19.9 Å². The van der Waals surface area contributed by atoms with Crippen LogP contribution in [0.1, 0.15) is 0 Å². The SMILES string of the molecule is COc1ccc(-c2nc(-c3c(-c4ccc(-c5ccc(OC)c(O)c5-c5nc(-c6ccc(OC)cc6)c(-c6ccc(OC)cc6)[nH]5)cc4)ccc(OC)c3O)[nH]c2-c2ccc(OC)cc2)cc1. The van der Waals surface area contributed by atoms with E-state index in [1.54, 1.807) is 40.6 Å². The van der Waals surface area contributed by atoms with Crippen molar-refractivity contribution in [2.75, 3.05) is 42.7 Å². The quantitative estimate of drug-likeness (QED) is 0.0830. The van der Waals surface area contributed by atoms with E-state index in [1.165, 1.54) is 14.2 Å². The Labute approximate surface area is 381 Å². The Bertz CT molecular complexity index is 2800. The largest absolute Gasteiger partial charge is 0.504 e. The van der Waals surface area contributed by atoms with Gasteiger partial charge in [0, 0.05) is 22.3 Å². The van der Waals surface area contributed by atoms with Crippen LogP contribution in [0.2, 0.25) is 0 Å². The Morgan fingerprint density at radius 2 is 0.621 bits per heavy atom. The van der Waals surface area contributed by atoms with Crippen molar-refractivity contribution in [3.05, 3.63) is 146 Å². The summed E-state index contributed by atoms with van der Waals surface area (Å²) in [5.41, 5.74) is 10.2. The van der Waals surface area contributed by atoms with Crippen molar-refractivity contribution in [3.8, 4) is 136 Å². The maximum Gasteiger partial charge on any atom is 0.169 e. The number of aromatic hydroxyl groups is 2. The van der Waals surface area contributed by atoms with E-state index in [0.29, 0.717) is 56.8 Å². The van der Waals surface area contributed by atoms with Crippen LogP contribution in [0, 0.1) is 0 Å². The summed E-state index contributed by atoms with van der Waals surface area (Å²) < 4.78 is 33.0. The number of hydrogen-bond acceptors (Lipinski definition) is 10. The summed E-state index contributed by atoms with van der Waals surface area (Å²) in [6.45, 7) is 0. The molecule has 9 rings (SSSR count). The van der Waals surface area contributed by atoms with Crippen molar-refractivity contribution >= 4 is 0 Å². The fourth-order valence-corrected chi connectivity index (χ4v) is 8.10. The lowest BCUT2D eigenvalue weighted by molar-refractivity contribution is 0.374. The molecule has 0 saturated carbocycles. The zero-order valence-corrected chi connectivity index (χ0v) is 37.1. The number of imidazole rings is 2. The van der Waals surface area contributed by atoms with Gasteiger partial charge in [-0.1, -0.05) is 24.3 Å². The van der Waals surface area contributed by atoms with Gasteiger partial charge in [-0.05, 0) is 144 Å². The number of H-pyrrole nitrogens is 2. The number of methoxy groups -OCH3 is 6. The van der Waals surface area contributed by atoms with E-state index >= 15 is 0 Å². The first kappa shape index (κ1) is 42.7. The van der Waals surface area contributed by atoms with Gasteiger partial charge in [-0.3, -0.25) is 0 Å². The molecule has 0 bridgehead atoms. The molecule has 12 nitrogen and oxygen atoms in total. The summed E-state index contributed by atoms with van der Waals surface area (Å²) in [4.78, 5) is 17.4. The molecule has 0 aliphatic carbocycles. The van der Waals surface area contributed by atoms with Gasteiger partial charge < -0.3 is 48.6 Å². The number of benzene rings is 7. The van der Waals surface area contributed by atoms with Gasteiger partial charge in [-0.2, -0.15) is 0 Å². The molecule has 0 amide bonds. The monoisotopic (exact) mass is 878 g/mol. The van der Waals surface area contributed by atoms with Crippen LogP contribution in [0.4, 0.5) is 0 Å². The lowest BCUT2D eigenvalue weighted by Crippen LogP contribution is -1.94. The molecular weight excluding hydrogens is 833 g/mol. The minimum atomic E-state index is -0.0732. The van der Waals surface area contributed by atoms with E-state index in [0.717, 1.165) is 67.8 Å². The molecule has 330 valence electrons. The first-order valence-electron chi connectivity index (χ1n) is 20.9. The van der Waals surface area contributed by atoms with Crippen molar-refractivity contribution in [2.45, 2.75) is 0 Å². The number of ether oxygens (including phenoxy) is 6.